The van der Waals surface area contributed by atoms with E-state index in [0.29, 0.717) is 11.4 Å². The molecule has 0 radical (unpaired) electrons. The van der Waals surface area contributed by atoms with Crippen LogP contribution in [0.15, 0.2) is 212 Å². The number of aromatic nitrogens is 2. The van der Waals surface area contributed by atoms with Gasteiger partial charge in [-0.2, -0.15) is 5.26 Å². The zero-order valence-corrected chi connectivity index (χ0v) is 32.5. The molecule has 1 aromatic heterocycles. The van der Waals surface area contributed by atoms with Gasteiger partial charge < -0.3 is 0 Å². The van der Waals surface area contributed by atoms with Gasteiger partial charge in [0, 0.05) is 16.5 Å². The first-order valence-corrected chi connectivity index (χ1v) is 20.2. The third kappa shape index (κ3) is 6.16. The summed E-state index contributed by atoms with van der Waals surface area (Å²) in [5, 5.41) is 17.6. The van der Waals surface area contributed by atoms with Crippen LogP contribution in [0.4, 0.5) is 0 Å². The Hall–Kier alpha value is -8.19. The quantitative estimate of drug-likeness (QED) is 0.159. The van der Waals surface area contributed by atoms with Crippen LogP contribution in [0.25, 0.3) is 110 Å². The number of fused-ring (bicyclic) bond motifs is 5. The minimum Gasteiger partial charge on any atom is -0.228 e. The van der Waals surface area contributed by atoms with Crippen molar-refractivity contribution in [3.8, 4) is 73.2 Å². The van der Waals surface area contributed by atoms with Crippen molar-refractivity contribution in [2.24, 2.45) is 0 Å². The second-order valence-corrected chi connectivity index (χ2v) is 15.2. The molecular formula is C57H35N3. The second kappa shape index (κ2) is 14.6. The molecule has 0 fully saturated rings. The normalized spacial score (nSPS) is 11.3. The number of benzene rings is 10. The molecule has 0 aliphatic rings. The van der Waals surface area contributed by atoms with Crippen LogP contribution in [-0.2, 0) is 0 Å². The van der Waals surface area contributed by atoms with Crippen LogP contribution in [0.3, 0.4) is 0 Å². The highest BCUT2D eigenvalue weighted by Crippen LogP contribution is 2.39. The predicted octanol–water partition coefficient (Wildman–Crippen LogP) is 15.0. The van der Waals surface area contributed by atoms with Crippen molar-refractivity contribution in [2.75, 3.05) is 0 Å². The summed E-state index contributed by atoms with van der Waals surface area (Å²) in [7, 11) is 0. The van der Waals surface area contributed by atoms with Crippen LogP contribution >= 0.6 is 0 Å². The monoisotopic (exact) mass is 761 g/mol. The van der Waals surface area contributed by atoms with Crippen molar-refractivity contribution in [1.82, 2.24) is 9.97 Å². The largest absolute Gasteiger partial charge is 0.228 e. The topological polar surface area (TPSA) is 49.6 Å². The molecular weight excluding hydrogens is 727 g/mol. The van der Waals surface area contributed by atoms with Gasteiger partial charge in [0.25, 0.3) is 0 Å². The summed E-state index contributed by atoms with van der Waals surface area (Å²) in [6.07, 6.45) is 0. The Kier molecular flexibility index (Phi) is 8.54. The Morgan fingerprint density at radius 1 is 0.317 bits per heavy atom. The maximum absolute atomic E-state index is 9.20. The summed E-state index contributed by atoms with van der Waals surface area (Å²) >= 11 is 0. The van der Waals surface area contributed by atoms with E-state index in [1.807, 2.05) is 30.3 Å². The highest BCUT2D eigenvalue weighted by Gasteiger charge is 2.15. The molecule has 0 aliphatic heterocycles. The summed E-state index contributed by atoms with van der Waals surface area (Å²) in [5.74, 6) is 0.700. The number of rotatable bonds is 6. The van der Waals surface area contributed by atoms with Crippen LogP contribution in [0, 0.1) is 11.3 Å². The van der Waals surface area contributed by atoms with Crippen LogP contribution in [0.1, 0.15) is 5.56 Å². The summed E-state index contributed by atoms with van der Waals surface area (Å²) in [6, 6.07) is 77.1. The average molecular weight is 762 g/mol. The molecule has 0 unspecified atom stereocenters. The Morgan fingerprint density at radius 2 is 0.817 bits per heavy atom. The van der Waals surface area contributed by atoms with Crippen molar-refractivity contribution in [3.63, 3.8) is 0 Å². The third-order valence-corrected chi connectivity index (χ3v) is 11.7. The van der Waals surface area contributed by atoms with Crippen LogP contribution in [0.5, 0.6) is 0 Å². The highest BCUT2D eigenvalue weighted by atomic mass is 14.9. The first kappa shape index (κ1) is 35.0. The van der Waals surface area contributed by atoms with E-state index in [1.54, 1.807) is 0 Å². The van der Waals surface area contributed by atoms with Crippen molar-refractivity contribution >= 4 is 43.2 Å². The van der Waals surface area contributed by atoms with Gasteiger partial charge in [0.15, 0.2) is 5.82 Å². The molecule has 278 valence electrons. The predicted molar refractivity (Wildman–Crippen MR) is 249 cm³/mol. The van der Waals surface area contributed by atoms with Crippen molar-refractivity contribution in [3.05, 3.63) is 218 Å². The van der Waals surface area contributed by atoms with Gasteiger partial charge in [0.05, 0.1) is 22.8 Å². The number of nitrogens with zero attached hydrogens (tertiary/aromatic N) is 3. The third-order valence-electron chi connectivity index (χ3n) is 11.7. The minimum absolute atomic E-state index is 0.664. The van der Waals surface area contributed by atoms with Gasteiger partial charge in [-0.25, -0.2) is 9.97 Å². The molecule has 1 heterocycles. The van der Waals surface area contributed by atoms with Gasteiger partial charge in [-0.15, -0.1) is 0 Å². The fourth-order valence-corrected chi connectivity index (χ4v) is 8.73. The molecule has 3 heteroatoms. The highest BCUT2D eigenvalue weighted by molar-refractivity contribution is 6.14. The fraction of sp³-hybridized carbons (Fsp3) is 0. The van der Waals surface area contributed by atoms with Gasteiger partial charge in [0.2, 0.25) is 0 Å². The lowest BCUT2D eigenvalue weighted by atomic mass is 9.91. The molecule has 0 saturated carbocycles. The molecule has 11 aromatic rings. The molecule has 0 saturated heterocycles. The van der Waals surface area contributed by atoms with Gasteiger partial charge in [0.1, 0.15) is 0 Å². The molecule has 0 spiro atoms. The maximum Gasteiger partial charge on any atom is 0.160 e. The van der Waals surface area contributed by atoms with Crippen molar-refractivity contribution in [2.45, 2.75) is 0 Å². The van der Waals surface area contributed by atoms with E-state index in [4.69, 9.17) is 9.97 Å². The van der Waals surface area contributed by atoms with E-state index >= 15 is 0 Å². The van der Waals surface area contributed by atoms with E-state index in [0.717, 1.165) is 55.5 Å². The number of nitriles is 1. The molecule has 10 aromatic carbocycles. The Balaban J connectivity index is 0.949. The number of para-hydroxylation sites is 1. The van der Waals surface area contributed by atoms with Gasteiger partial charge in [-0.1, -0.05) is 182 Å². The van der Waals surface area contributed by atoms with E-state index < -0.39 is 0 Å². The number of hydrogen-bond donors (Lipinski definition) is 0. The summed E-state index contributed by atoms with van der Waals surface area (Å²) in [4.78, 5) is 10.4. The van der Waals surface area contributed by atoms with Gasteiger partial charge in [-0.3, -0.25) is 0 Å². The lowest BCUT2D eigenvalue weighted by Gasteiger charge is -2.14. The van der Waals surface area contributed by atoms with Crippen LogP contribution < -0.4 is 0 Å². The first-order valence-electron chi connectivity index (χ1n) is 20.2. The zero-order valence-electron chi connectivity index (χ0n) is 32.5. The van der Waals surface area contributed by atoms with E-state index in [1.165, 1.54) is 49.0 Å². The van der Waals surface area contributed by atoms with E-state index in [-0.39, 0.29) is 0 Å². The SMILES string of the molecule is N#Cc1ccc(-c2ccc(-c3ccc(-c4ccc(-c5nc(-c6cccc(-c7cc8ccccc8c8ccccc78)c6)nc6ccccc56)cc4)c4ccccc34)cc2)cc1. The lowest BCUT2D eigenvalue weighted by molar-refractivity contribution is 1.23. The first-order chi connectivity index (χ1) is 29.7. The summed E-state index contributed by atoms with van der Waals surface area (Å²) in [5.41, 5.74) is 13.7. The lowest BCUT2D eigenvalue weighted by Crippen LogP contribution is -1.95. The molecule has 0 bridgehead atoms. The Bertz CT molecular complexity index is 3470. The molecule has 3 nitrogen and oxygen atoms in total. The molecule has 0 atom stereocenters. The molecule has 0 N–H and O–H groups in total. The molecule has 0 amide bonds. The van der Waals surface area contributed by atoms with E-state index in [2.05, 4.69) is 188 Å². The van der Waals surface area contributed by atoms with Crippen LogP contribution in [0.2, 0.25) is 0 Å². The summed E-state index contributed by atoms with van der Waals surface area (Å²) in [6.45, 7) is 0. The minimum atomic E-state index is 0.664. The maximum atomic E-state index is 9.20. The molecule has 11 rings (SSSR count). The van der Waals surface area contributed by atoms with Crippen molar-refractivity contribution < 1.29 is 0 Å². The summed E-state index contributed by atoms with van der Waals surface area (Å²) < 4.78 is 0. The van der Waals surface area contributed by atoms with E-state index in [9.17, 15) is 5.26 Å². The second-order valence-electron chi connectivity index (χ2n) is 15.2. The zero-order chi connectivity index (χ0) is 40.0. The average Bonchev–Trinajstić information content (AvgIpc) is 3.33. The van der Waals surface area contributed by atoms with Gasteiger partial charge >= 0.3 is 0 Å². The molecule has 60 heavy (non-hydrogen) atoms. The number of hydrogen-bond acceptors (Lipinski definition) is 3. The standard InChI is InChI=1S/C57H35N3/c58-36-37-20-22-38(23-21-37)39-24-26-40(27-25-39)47-32-33-48(51-16-4-3-15-50(47)51)41-28-30-42(31-29-41)56-53-18-7-8-19-55(53)59-57(60-56)45-12-9-11-43(34-45)54-35-44-10-1-2-13-46(44)49-14-5-6-17-52(49)54/h1-35H. The molecule has 0 aliphatic carbocycles. The Labute approximate surface area is 348 Å². The van der Waals surface area contributed by atoms with Crippen molar-refractivity contribution in [1.29, 1.82) is 5.26 Å². The van der Waals surface area contributed by atoms with Gasteiger partial charge in [-0.05, 0) is 107 Å². The fourth-order valence-electron chi connectivity index (χ4n) is 8.73. The van der Waals surface area contributed by atoms with Crippen LogP contribution in [-0.4, -0.2) is 9.97 Å². The smallest absolute Gasteiger partial charge is 0.160 e. The Morgan fingerprint density at radius 3 is 1.47 bits per heavy atom.